The van der Waals surface area contributed by atoms with Crippen molar-refractivity contribution in [3.63, 3.8) is 0 Å². The van der Waals surface area contributed by atoms with E-state index in [9.17, 15) is 8.42 Å². The van der Waals surface area contributed by atoms with E-state index in [1.165, 1.54) is 18.4 Å². The first-order valence-electron chi connectivity index (χ1n) is 7.31. The Morgan fingerprint density at radius 3 is 2.81 bits per heavy atom. The quantitative estimate of drug-likeness (QED) is 0.856. The van der Waals surface area contributed by atoms with Gasteiger partial charge in [0, 0.05) is 27.2 Å². The number of furan rings is 1. The molecule has 21 heavy (non-hydrogen) atoms. The molecular formula is C14H25N3O3S. The van der Waals surface area contributed by atoms with Crippen molar-refractivity contribution in [2.75, 3.05) is 33.7 Å². The molecule has 1 aromatic rings. The SMILES string of the molecule is Cc1ccc(CN2CCC[C@H](CNS(=O)(=O)N(C)C)C2)o1. The molecule has 0 spiro atoms. The summed E-state index contributed by atoms with van der Waals surface area (Å²) in [4.78, 5) is 2.33. The number of nitrogens with one attached hydrogen (secondary N) is 1. The molecular weight excluding hydrogens is 290 g/mol. The van der Waals surface area contributed by atoms with E-state index in [0.29, 0.717) is 12.5 Å². The second-order valence-corrected chi connectivity index (χ2v) is 7.86. The third-order valence-corrected chi connectivity index (χ3v) is 5.31. The third kappa shape index (κ3) is 4.81. The molecule has 1 aromatic heterocycles. The molecule has 0 radical (unpaired) electrons. The van der Waals surface area contributed by atoms with Crippen LogP contribution in [0.2, 0.25) is 0 Å². The molecule has 0 aliphatic carbocycles. The lowest BCUT2D eigenvalue weighted by molar-refractivity contribution is 0.157. The van der Waals surface area contributed by atoms with Gasteiger partial charge in [0.15, 0.2) is 0 Å². The second-order valence-electron chi connectivity index (χ2n) is 5.89. The molecule has 7 heteroatoms. The molecule has 1 N–H and O–H groups in total. The minimum absolute atomic E-state index is 0.351. The van der Waals surface area contributed by atoms with E-state index in [4.69, 9.17) is 4.42 Å². The highest BCUT2D eigenvalue weighted by Crippen LogP contribution is 2.19. The molecule has 1 aliphatic heterocycles. The van der Waals surface area contributed by atoms with Crippen LogP contribution in [0.25, 0.3) is 0 Å². The van der Waals surface area contributed by atoms with Crippen LogP contribution in [0.1, 0.15) is 24.4 Å². The highest BCUT2D eigenvalue weighted by Gasteiger charge is 2.23. The van der Waals surface area contributed by atoms with Crippen molar-refractivity contribution in [1.29, 1.82) is 0 Å². The maximum absolute atomic E-state index is 11.7. The molecule has 1 atom stereocenters. The van der Waals surface area contributed by atoms with E-state index < -0.39 is 10.2 Å². The number of hydrogen-bond donors (Lipinski definition) is 1. The summed E-state index contributed by atoms with van der Waals surface area (Å²) in [5.41, 5.74) is 0. The zero-order chi connectivity index (χ0) is 15.5. The fraction of sp³-hybridized carbons (Fsp3) is 0.714. The normalized spacial score (nSPS) is 21.0. The van der Waals surface area contributed by atoms with Crippen molar-refractivity contribution in [3.8, 4) is 0 Å². The summed E-state index contributed by atoms with van der Waals surface area (Å²) < 4.78 is 32.9. The van der Waals surface area contributed by atoms with E-state index in [-0.39, 0.29) is 0 Å². The lowest BCUT2D eigenvalue weighted by atomic mass is 9.98. The Kier molecular flexibility index (Phi) is 5.43. The zero-order valence-corrected chi connectivity index (χ0v) is 13.8. The van der Waals surface area contributed by atoms with E-state index in [2.05, 4.69) is 9.62 Å². The average molecular weight is 315 g/mol. The van der Waals surface area contributed by atoms with Crippen molar-refractivity contribution in [2.24, 2.45) is 5.92 Å². The lowest BCUT2D eigenvalue weighted by Crippen LogP contribution is -2.43. The number of hydrogen-bond acceptors (Lipinski definition) is 4. The highest BCUT2D eigenvalue weighted by molar-refractivity contribution is 7.87. The lowest BCUT2D eigenvalue weighted by Gasteiger charge is -2.32. The largest absolute Gasteiger partial charge is 0.465 e. The van der Waals surface area contributed by atoms with Crippen molar-refractivity contribution in [1.82, 2.24) is 13.9 Å². The minimum atomic E-state index is -3.32. The summed E-state index contributed by atoms with van der Waals surface area (Å²) in [7, 11) is -0.251. The summed E-state index contributed by atoms with van der Waals surface area (Å²) in [6.45, 7) is 5.17. The Balaban J connectivity index is 1.83. The van der Waals surface area contributed by atoms with Crippen LogP contribution in [0.4, 0.5) is 0 Å². The average Bonchev–Trinajstić information content (AvgIpc) is 2.82. The predicted octanol–water partition coefficient (Wildman–Crippen LogP) is 1.20. The van der Waals surface area contributed by atoms with Crippen LogP contribution in [0.5, 0.6) is 0 Å². The minimum Gasteiger partial charge on any atom is -0.465 e. The van der Waals surface area contributed by atoms with Crippen LogP contribution in [-0.2, 0) is 16.8 Å². The van der Waals surface area contributed by atoms with Gasteiger partial charge in [-0.15, -0.1) is 0 Å². The smallest absolute Gasteiger partial charge is 0.278 e. The summed E-state index contributed by atoms with van der Waals surface area (Å²) in [6, 6.07) is 3.98. The number of nitrogens with zero attached hydrogens (tertiary/aromatic N) is 2. The summed E-state index contributed by atoms with van der Waals surface area (Å²) in [5.74, 6) is 2.25. The van der Waals surface area contributed by atoms with E-state index in [1.54, 1.807) is 0 Å². The molecule has 0 aromatic carbocycles. The van der Waals surface area contributed by atoms with E-state index in [0.717, 1.165) is 44.0 Å². The number of rotatable bonds is 6. The summed E-state index contributed by atoms with van der Waals surface area (Å²) >= 11 is 0. The third-order valence-electron chi connectivity index (χ3n) is 3.81. The van der Waals surface area contributed by atoms with Crippen LogP contribution in [0.3, 0.4) is 0 Å². The Morgan fingerprint density at radius 2 is 2.19 bits per heavy atom. The summed E-state index contributed by atoms with van der Waals surface area (Å²) in [6.07, 6.45) is 2.15. The van der Waals surface area contributed by atoms with Gasteiger partial charge in [0.25, 0.3) is 10.2 Å². The first-order valence-corrected chi connectivity index (χ1v) is 8.75. The van der Waals surface area contributed by atoms with Gasteiger partial charge < -0.3 is 4.42 Å². The Bertz CT molecular complexity index is 554. The molecule has 1 fully saturated rings. The first kappa shape index (κ1) is 16.5. The molecule has 120 valence electrons. The molecule has 2 heterocycles. The maximum Gasteiger partial charge on any atom is 0.278 e. The van der Waals surface area contributed by atoms with Gasteiger partial charge in [0.05, 0.1) is 6.54 Å². The van der Waals surface area contributed by atoms with Crippen molar-refractivity contribution >= 4 is 10.2 Å². The number of piperidine rings is 1. The molecule has 2 rings (SSSR count). The van der Waals surface area contributed by atoms with Gasteiger partial charge in [-0.2, -0.15) is 12.7 Å². The van der Waals surface area contributed by atoms with Crippen LogP contribution < -0.4 is 4.72 Å². The van der Waals surface area contributed by atoms with E-state index >= 15 is 0 Å². The summed E-state index contributed by atoms with van der Waals surface area (Å²) in [5, 5.41) is 0. The Morgan fingerprint density at radius 1 is 1.43 bits per heavy atom. The van der Waals surface area contributed by atoms with Crippen LogP contribution >= 0.6 is 0 Å². The van der Waals surface area contributed by atoms with Gasteiger partial charge in [-0.05, 0) is 44.4 Å². The molecule has 1 saturated heterocycles. The van der Waals surface area contributed by atoms with Crippen LogP contribution in [0.15, 0.2) is 16.5 Å². The van der Waals surface area contributed by atoms with Crippen LogP contribution in [0, 0.1) is 12.8 Å². The highest BCUT2D eigenvalue weighted by atomic mass is 32.2. The number of likely N-dealkylation sites (tertiary alicyclic amines) is 1. The van der Waals surface area contributed by atoms with Gasteiger partial charge in [0.2, 0.25) is 0 Å². The fourth-order valence-electron chi connectivity index (χ4n) is 2.60. The number of aryl methyl sites for hydroxylation is 1. The predicted molar refractivity (Wildman–Crippen MR) is 82.1 cm³/mol. The monoisotopic (exact) mass is 315 g/mol. The van der Waals surface area contributed by atoms with Gasteiger partial charge in [0.1, 0.15) is 11.5 Å². The molecule has 0 bridgehead atoms. The zero-order valence-electron chi connectivity index (χ0n) is 13.0. The van der Waals surface area contributed by atoms with Crippen molar-refractivity contribution in [2.45, 2.75) is 26.3 Å². The second kappa shape index (κ2) is 6.91. The van der Waals surface area contributed by atoms with Gasteiger partial charge >= 0.3 is 0 Å². The van der Waals surface area contributed by atoms with Gasteiger partial charge in [-0.3, -0.25) is 4.90 Å². The Labute approximate surface area is 127 Å². The van der Waals surface area contributed by atoms with Crippen molar-refractivity contribution in [3.05, 3.63) is 23.7 Å². The Hall–Kier alpha value is -0.890. The molecule has 0 unspecified atom stereocenters. The van der Waals surface area contributed by atoms with Crippen LogP contribution in [-0.4, -0.2) is 51.4 Å². The topological polar surface area (TPSA) is 65.8 Å². The fourth-order valence-corrected chi connectivity index (χ4v) is 3.31. The van der Waals surface area contributed by atoms with Crippen molar-refractivity contribution < 1.29 is 12.8 Å². The molecule has 0 saturated carbocycles. The first-order chi connectivity index (χ1) is 9.87. The maximum atomic E-state index is 11.7. The standard InChI is InChI=1S/C14H25N3O3S/c1-12-6-7-14(20-12)11-17-8-4-5-13(10-17)9-15-21(18,19)16(2)3/h6-7,13,15H,4-5,8-11H2,1-3H3/t13-/m1/s1. The molecule has 1 aliphatic rings. The van der Waals surface area contributed by atoms with Gasteiger partial charge in [-0.1, -0.05) is 0 Å². The molecule has 6 nitrogen and oxygen atoms in total. The van der Waals surface area contributed by atoms with Gasteiger partial charge in [-0.25, -0.2) is 4.72 Å². The molecule has 0 amide bonds. The van der Waals surface area contributed by atoms with E-state index in [1.807, 2.05) is 19.1 Å².